The topological polar surface area (TPSA) is 15.3 Å². The van der Waals surface area contributed by atoms with E-state index in [2.05, 4.69) is 17.3 Å². The first-order valence-corrected chi connectivity index (χ1v) is 5.29. The maximum atomic E-state index is 3.28. The third-order valence-electron chi connectivity index (χ3n) is 3.40. The Morgan fingerprint density at radius 2 is 2.17 bits per heavy atom. The maximum Gasteiger partial charge on any atom is 0.00954 e. The molecule has 0 aromatic rings. The molecule has 1 N–H and O–H groups in total. The number of rotatable bonds is 3. The van der Waals surface area contributed by atoms with Gasteiger partial charge in [0.2, 0.25) is 0 Å². The predicted molar refractivity (Wildman–Crippen MR) is 51.2 cm³/mol. The first-order chi connectivity index (χ1) is 5.90. The average Bonchev–Trinajstić information content (AvgIpc) is 2.34. The van der Waals surface area contributed by atoms with Gasteiger partial charge in [-0.2, -0.15) is 0 Å². The molecule has 1 aliphatic heterocycles. The minimum Gasteiger partial charge on any atom is -0.319 e. The molecule has 1 heterocycles. The molecule has 2 rings (SSSR count). The zero-order valence-electron chi connectivity index (χ0n) is 8.05. The lowest BCUT2D eigenvalue weighted by Crippen LogP contribution is -2.38. The molecule has 70 valence electrons. The Labute approximate surface area is 75.3 Å². The van der Waals surface area contributed by atoms with Crippen LogP contribution in [0.5, 0.6) is 0 Å². The van der Waals surface area contributed by atoms with E-state index in [1.165, 1.54) is 45.3 Å². The summed E-state index contributed by atoms with van der Waals surface area (Å²) in [6, 6.07) is 0.965. The lowest BCUT2D eigenvalue weighted by Gasteiger charge is -2.34. The quantitative estimate of drug-likeness (QED) is 0.678. The van der Waals surface area contributed by atoms with Gasteiger partial charge in [0.25, 0.3) is 0 Å². The lowest BCUT2D eigenvalue weighted by atomic mass is 9.92. The summed E-state index contributed by atoms with van der Waals surface area (Å²) in [4.78, 5) is 2.70. The van der Waals surface area contributed by atoms with Crippen molar-refractivity contribution in [2.75, 3.05) is 26.7 Å². The van der Waals surface area contributed by atoms with Crippen molar-refractivity contribution in [1.29, 1.82) is 0 Å². The standard InChI is InChI=1S/C10H20N2/c1-11-7-9-5-6-12(8-9)10-3-2-4-10/h9-11H,2-8H2,1H3. The van der Waals surface area contributed by atoms with Crippen LogP contribution in [-0.2, 0) is 0 Å². The number of hydrogen-bond donors (Lipinski definition) is 1. The van der Waals surface area contributed by atoms with Gasteiger partial charge in [0.05, 0.1) is 0 Å². The number of hydrogen-bond acceptors (Lipinski definition) is 2. The van der Waals surface area contributed by atoms with Gasteiger partial charge >= 0.3 is 0 Å². The molecule has 0 bridgehead atoms. The van der Waals surface area contributed by atoms with Gasteiger partial charge in [-0.05, 0) is 45.3 Å². The van der Waals surface area contributed by atoms with E-state index in [1.54, 1.807) is 0 Å². The maximum absolute atomic E-state index is 3.28. The number of nitrogens with one attached hydrogen (secondary N) is 1. The van der Waals surface area contributed by atoms with Crippen LogP contribution >= 0.6 is 0 Å². The first kappa shape index (κ1) is 8.52. The fourth-order valence-electron chi connectivity index (χ4n) is 2.40. The summed E-state index contributed by atoms with van der Waals surface area (Å²) in [6.45, 7) is 3.92. The van der Waals surface area contributed by atoms with Crippen molar-refractivity contribution in [3.05, 3.63) is 0 Å². The van der Waals surface area contributed by atoms with Crippen LogP contribution in [0, 0.1) is 5.92 Å². The second-order valence-corrected chi connectivity index (χ2v) is 4.29. The Balaban J connectivity index is 1.73. The lowest BCUT2D eigenvalue weighted by molar-refractivity contribution is 0.153. The van der Waals surface area contributed by atoms with Gasteiger partial charge < -0.3 is 10.2 Å². The molecular weight excluding hydrogens is 148 g/mol. The largest absolute Gasteiger partial charge is 0.319 e. The van der Waals surface area contributed by atoms with E-state index in [-0.39, 0.29) is 0 Å². The minimum absolute atomic E-state index is 0.926. The molecule has 0 radical (unpaired) electrons. The van der Waals surface area contributed by atoms with Crippen LogP contribution in [0.3, 0.4) is 0 Å². The fraction of sp³-hybridized carbons (Fsp3) is 1.00. The summed E-state index contributed by atoms with van der Waals surface area (Å²) in [5.74, 6) is 0.926. The van der Waals surface area contributed by atoms with Gasteiger partial charge in [0, 0.05) is 12.6 Å². The summed E-state index contributed by atoms with van der Waals surface area (Å²) in [6.07, 6.45) is 5.81. The van der Waals surface area contributed by atoms with E-state index in [1.807, 2.05) is 0 Å². The van der Waals surface area contributed by atoms with E-state index in [0.29, 0.717) is 0 Å². The molecule has 1 saturated heterocycles. The Bertz CT molecular complexity index is 143. The molecular formula is C10H20N2. The Hall–Kier alpha value is -0.0800. The molecule has 1 saturated carbocycles. The molecule has 12 heavy (non-hydrogen) atoms. The second kappa shape index (κ2) is 3.75. The van der Waals surface area contributed by atoms with Crippen LogP contribution in [0.25, 0.3) is 0 Å². The molecule has 0 aromatic heterocycles. The molecule has 1 aliphatic carbocycles. The van der Waals surface area contributed by atoms with Gasteiger partial charge in [-0.15, -0.1) is 0 Å². The zero-order valence-corrected chi connectivity index (χ0v) is 8.05. The molecule has 2 fully saturated rings. The monoisotopic (exact) mass is 168 g/mol. The third kappa shape index (κ3) is 1.64. The van der Waals surface area contributed by atoms with Crippen molar-refractivity contribution in [2.45, 2.75) is 31.7 Å². The number of nitrogens with zero attached hydrogens (tertiary/aromatic N) is 1. The van der Waals surface area contributed by atoms with Crippen LogP contribution in [0.15, 0.2) is 0 Å². The Kier molecular flexibility index (Phi) is 2.66. The van der Waals surface area contributed by atoms with Gasteiger partial charge in [0.15, 0.2) is 0 Å². The van der Waals surface area contributed by atoms with Gasteiger partial charge in [-0.1, -0.05) is 6.42 Å². The van der Waals surface area contributed by atoms with Crippen molar-refractivity contribution in [3.8, 4) is 0 Å². The first-order valence-electron chi connectivity index (χ1n) is 5.29. The number of likely N-dealkylation sites (tertiary alicyclic amines) is 1. The summed E-state index contributed by atoms with van der Waals surface area (Å²) in [7, 11) is 2.06. The molecule has 2 nitrogen and oxygen atoms in total. The van der Waals surface area contributed by atoms with Crippen molar-refractivity contribution in [1.82, 2.24) is 10.2 Å². The van der Waals surface area contributed by atoms with E-state index in [9.17, 15) is 0 Å². The molecule has 1 unspecified atom stereocenters. The van der Waals surface area contributed by atoms with Gasteiger partial charge in [-0.3, -0.25) is 0 Å². The molecule has 2 aliphatic rings. The minimum atomic E-state index is 0.926. The molecule has 0 spiro atoms. The highest BCUT2D eigenvalue weighted by molar-refractivity contribution is 4.86. The van der Waals surface area contributed by atoms with Crippen LogP contribution in [0.2, 0.25) is 0 Å². The van der Waals surface area contributed by atoms with Crippen molar-refractivity contribution >= 4 is 0 Å². The van der Waals surface area contributed by atoms with E-state index < -0.39 is 0 Å². The SMILES string of the molecule is CNCC1CCN(C2CCC2)C1. The predicted octanol–water partition coefficient (Wildman–Crippen LogP) is 1.08. The van der Waals surface area contributed by atoms with Crippen LogP contribution in [0.1, 0.15) is 25.7 Å². The molecule has 0 amide bonds. The third-order valence-corrected chi connectivity index (χ3v) is 3.40. The average molecular weight is 168 g/mol. The molecule has 1 atom stereocenters. The second-order valence-electron chi connectivity index (χ2n) is 4.29. The van der Waals surface area contributed by atoms with E-state index >= 15 is 0 Å². The van der Waals surface area contributed by atoms with Crippen LogP contribution in [0.4, 0.5) is 0 Å². The van der Waals surface area contributed by atoms with Crippen molar-refractivity contribution < 1.29 is 0 Å². The smallest absolute Gasteiger partial charge is 0.00954 e. The Morgan fingerprint density at radius 1 is 1.33 bits per heavy atom. The highest BCUT2D eigenvalue weighted by Crippen LogP contribution is 2.29. The molecule has 2 heteroatoms. The van der Waals surface area contributed by atoms with Gasteiger partial charge in [0.1, 0.15) is 0 Å². The van der Waals surface area contributed by atoms with E-state index in [0.717, 1.165) is 12.0 Å². The van der Waals surface area contributed by atoms with E-state index in [4.69, 9.17) is 0 Å². The van der Waals surface area contributed by atoms with Gasteiger partial charge in [-0.25, -0.2) is 0 Å². The van der Waals surface area contributed by atoms with Crippen LogP contribution in [-0.4, -0.2) is 37.6 Å². The Morgan fingerprint density at radius 3 is 2.75 bits per heavy atom. The highest BCUT2D eigenvalue weighted by atomic mass is 15.2. The highest BCUT2D eigenvalue weighted by Gasteiger charge is 2.30. The normalized spacial score (nSPS) is 32.2. The summed E-state index contributed by atoms with van der Waals surface area (Å²) in [5, 5.41) is 3.28. The summed E-state index contributed by atoms with van der Waals surface area (Å²) in [5.41, 5.74) is 0. The van der Waals surface area contributed by atoms with Crippen molar-refractivity contribution in [3.63, 3.8) is 0 Å². The zero-order chi connectivity index (χ0) is 8.39. The van der Waals surface area contributed by atoms with Crippen molar-refractivity contribution in [2.24, 2.45) is 5.92 Å². The molecule has 0 aromatic carbocycles. The van der Waals surface area contributed by atoms with Crippen LogP contribution < -0.4 is 5.32 Å². The fourth-order valence-corrected chi connectivity index (χ4v) is 2.40. The summed E-state index contributed by atoms with van der Waals surface area (Å²) >= 11 is 0. The summed E-state index contributed by atoms with van der Waals surface area (Å²) < 4.78 is 0.